The first-order chi connectivity index (χ1) is 8.81. The minimum atomic E-state index is 1.02. The maximum atomic E-state index is 3.35. The second-order valence-electron chi connectivity index (χ2n) is 4.48. The Balaban J connectivity index is 1.78. The lowest BCUT2D eigenvalue weighted by Gasteiger charge is -2.02. The molecular formula is C16H15NS. The van der Waals surface area contributed by atoms with Crippen molar-refractivity contribution in [3.63, 3.8) is 0 Å². The third kappa shape index (κ3) is 2.44. The molecule has 2 heteroatoms. The van der Waals surface area contributed by atoms with Crippen LogP contribution in [0.1, 0.15) is 11.3 Å². The number of aryl methyl sites for hydroxylation is 1. The molecule has 1 aromatic heterocycles. The number of nitrogens with one attached hydrogen (secondary N) is 1. The number of aromatic nitrogens is 1. The highest BCUT2D eigenvalue weighted by molar-refractivity contribution is 7.98. The van der Waals surface area contributed by atoms with Crippen LogP contribution in [0.15, 0.2) is 59.5 Å². The normalized spacial score (nSPS) is 10.9. The van der Waals surface area contributed by atoms with Crippen LogP contribution in [0, 0.1) is 6.92 Å². The van der Waals surface area contributed by atoms with Gasteiger partial charge >= 0.3 is 0 Å². The van der Waals surface area contributed by atoms with E-state index in [1.54, 1.807) is 0 Å². The Kier molecular flexibility index (Phi) is 3.11. The van der Waals surface area contributed by atoms with Gasteiger partial charge < -0.3 is 4.98 Å². The molecule has 1 nitrogen and oxygen atoms in total. The molecule has 0 atom stereocenters. The second kappa shape index (κ2) is 4.91. The number of hydrogen-bond donors (Lipinski definition) is 1. The Morgan fingerprint density at radius 2 is 1.83 bits per heavy atom. The van der Waals surface area contributed by atoms with E-state index in [0.29, 0.717) is 0 Å². The summed E-state index contributed by atoms with van der Waals surface area (Å²) in [5, 5.41) is 1.30. The summed E-state index contributed by atoms with van der Waals surface area (Å²) in [6, 6.07) is 19.4. The highest BCUT2D eigenvalue weighted by Crippen LogP contribution is 2.26. The molecule has 0 aliphatic rings. The van der Waals surface area contributed by atoms with Crippen LogP contribution in [0.2, 0.25) is 0 Å². The minimum absolute atomic E-state index is 1.02. The predicted molar refractivity (Wildman–Crippen MR) is 79.0 cm³/mol. The van der Waals surface area contributed by atoms with E-state index < -0.39 is 0 Å². The van der Waals surface area contributed by atoms with E-state index in [4.69, 9.17) is 0 Å². The van der Waals surface area contributed by atoms with Gasteiger partial charge in [-0.05, 0) is 36.8 Å². The summed E-state index contributed by atoms with van der Waals surface area (Å²) in [6.07, 6.45) is 0. The zero-order chi connectivity index (χ0) is 12.4. The molecule has 0 bridgehead atoms. The van der Waals surface area contributed by atoms with Gasteiger partial charge in [0.15, 0.2) is 0 Å². The van der Waals surface area contributed by atoms with Crippen LogP contribution in [0.3, 0.4) is 0 Å². The van der Waals surface area contributed by atoms with Gasteiger partial charge in [0.25, 0.3) is 0 Å². The average molecular weight is 253 g/mol. The van der Waals surface area contributed by atoms with E-state index in [0.717, 1.165) is 5.75 Å². The highest BCUT2D eigenvalue weighted by Gasteiger charge is 2.00. The summed E-state index contributed by atoms with van der Waals surface area (Å²) >= 11 is 1.88. The lowest BCUT2D eigenvalue weighted by Crippen LogP contribution is -1.79. The number of rotatable bonds is 3. The third-order valence-electron chi connectivity index (χ3n) is 2.98. The molecule has 0 amide bonds. The summed E-state index contributed by atoms with van der Waals surface area (Å²) in [5.41, 5.74) is 3.81. The van der Waals surface area contributed by atoms with Crippen molar-refractivity contribution in [1.29, 1.82) is 0 Å². The summed E-state index contributed by atoms with van der Waals surface area (Å²) in [7, 11) is 0. The van der Waals surface area contributed by atoms with Crippen molar-refractivity contribution in [3.05, 3.63) is 65.9 Å². The first-order valence-corrected chi connectivity index (χ1v) is 7.06. The van der Waals surface area contributed by atoms with Crippen molar-refractivity contribution in [2.75, 3.05) is 0 Å². The molecule has 1 heterocycles. The molecule has 0 fully saturated rings. The van der Waals surface area contributed by atoms with E-state index in [2.05, 4.69) is 66.5 Å². The number of benzene rings is 2. The van der Waals surface area contributed by atoms with Crippen LogP contribution in [-0.4, -0.2) is 4.98 Å². The van der Waals surface area contributed by atoms with E-state index >= 15 is 0 Å². The van der Waals surface area contributed by atoms with Gasteiger partial charge in [-0.25, -0.2) is 0 Å². The molecule has 0 aliphatic carbocycles. The second-order valence-corrected chi connectivity index (χ2v) is 5.52. The van der Waals surface area contributed by atoms with Crippen LogP contribution in [0.25, 0.3) is 10.9 Å². The van der Waals surface area contributed by atoms with E-state index in [1.807, 2.05) is 11.8 Å². The molecule has 0 unspecified atom stereocenters. The molecule has 0 saturated heterocycles. The Hall–Kier alpha value is -1.67. The molecule has 3 rings (SSSR count). The van der Waals surface area contributed by atoms with Gasteiger partial charge in [-0.15, -0.1) is 11.8 Å². The van der Waals surface area contributed by atoms with E-state index in [9.17, 15) is 0 Å². The van der Waals surface area contributed by atoms with E-state index in [-0.39, 0.29) is 0 Å². The molecule has 2 aromatic carbocycles. The molecule has 1 N–H and O–H groups in total. The summed E-state index contributed by atoms with van der Waals surface area (Å²) in [6.45, 7) is 2.09. The molecule has 0 spiro atoms. The Bertz CT molecular complexity index is 655. The van der Waals surface area contributed by atoms with Gasteiger partial charge in [-0.1, -0.05) is 30.3 Å². The predicted octanol–water partition coefficient (Wildman–Crippen LogP) is 4.77. The largest absolute Gasteiger partial charge is 0.359 e. The monoisotopic (exact) mass is 253 g/mol. The number of thioether (sulfide) groups is 1. The van der Waals surface area contributed by atoms with Crippen molar-refractivity contribution >= 4 is 22.7 Å². The van der Waals surface area contributed by atoms with Gasteiger partial charge in [-0.3, -0.25) is 0 Å². The zero-order valence-electron chi connectivity index (χ0n) is 10.3. The molecule has 90 valence electrons. The Morgan fingerprint density at radius 1 is 1.00 bits per heavy atom. The van der Waals surface area contributed by atoms with Gasteiger partial charge in [-0.2, -0.15) is 0 Å². The van der Waals surface area contributed by atoms with E-state index in [1.165, 1.54) is 27.1 Å². The number of H-pyrrole nitrogens is 1. The molecule has 0 radical (unpaired) electrons. The van der Waals surface area contributed by atoms with Crippen molar-refractivity contribution < 1.29 is 0 Å². The summed E-state index contributed by atoms with van der Waals surface area (Å²) in [5.74, 6) is 1.02. The summed E-state index contributed by atoms with van der Waals surface area (Å²) < 4.78 is 0. The van der Waals surface area contributed by atoms with Crippen molar-refractivity contribution in [3.8, 4) is 0 Å². The molecule has 0 saturated carbocycles. The van der Waals surface area contributed by atoms with Crippen molar-refractivity contribution in [2.45, 2.75) is 17.6 Å². The lowest BCUT2D eigenvalue weighted by atomic mass is 10.2. The topological polar surface area (TPSA) is 15.8 Å². The number of fused-ring (bicyclic) bond motifs is 1. The zero-order valence-corrected chi connectivity index (χ0v) is 11.1. The highest BCUT2D eigenvalue weighted by atomic mass is 32.2. The Morgan fingerprint density at radius 3 is 2.67 bits per heavy atom. The van der Waals surface area contributed by atoms with Crippen LogP contribution >= 0.6 is 11.8 Å². The average Bonchev–Trinajstić information content (AvgIpc) is 2.77. The standard InChI is InChI=1S/C16H15NS/c1-12-9-14-10-15(7-8-16(14)17-12)18-11-13-5-3-2-4-6-13/h2-10,17H,11H2,1H3. The van der Waals surface area contributed by atoms with Crippen molar-refractivity contribution in [1.82, 2.24) is 4.98 Å². The Labute approximate surface area is 111 Å². The fraction of sp³-hybridized carbons (Fsp3) is 0.125. The van der Waals surface area contributed by atoms with Crippen LogP contribution < -0.4 is 0 Å². The maximum absolute atomic E-state index is 3.35. The molecule has 0 aliphatic heterocycles. The molecule has 18 heavy (non-hydrogen) atoms. The first-order valence-electron chi connectivity index (χ1n) is 6.07. The van der Waals surface area contributed by atoms with Crippen LogP contribution in [-0.2, 0) is 5.75 Å². The SMILES string of the molecule is Cc1cc2cc(SCc3ccccc3)ccc2[nH]1. The van der Waals surface area contributed by atoms with Gasteiger partial charge in [0.05, 0.1) is 0 Å². The number of aromatic amines is 1. The van der Waals surface area contributed by atoms with Crippen molar-refractivity contribution in [2.24, 2.45) is 0 Å². The van der Waals surface area contributed by atoms with Gasteiger partial charge in [0.2, 0.25) is 0 Å². The summed E-state index contributed by atoms with van der Waals surface area (Å²) in [4.78, 5) is 4.67. The van der Waals surface area contributed by atoms with Gasteiger partial charge in [0.1, 0.15) is 0 Å². The fourth-order valence-corrected chi connectivity index (χ4v) is 2.99. The molecule has 3 aromatic rings. The first kappa shape index (κ1) is 11.4. The smallest absolute Gasteiger partial charge is 0.0456 e. The minimum Gasteiger partial charge on any atom is -0.359 e. The number of hydrogen-bond acceptors (Lipinski definition) is 1. The molecular weight excluding hydrogens is 238 g/mol. The van der Waals surface area contributed by atoms with Crippen LogP contribution in [0.5, 0.6) is 0 Å². The maximum Gasteiger partial charge on any atom is 0.0456 e. The third-order valence-corrected chi connectivity index (χ3v) is 4.04. The van der Waals surface area contributed by atoms with Crippen LogP contribution in [0.4, 0.5) is 0 Å². The van der Waals surface area contributed by atoms with Gasteiger partial charge in [0, 0.05) is 27.2 Å². The fourth-order valence-electron chi connectivity index (χ4n) is 2.09. The lowest BCUT2D eigenvalue weighted by molar-refractivity contribution is 1.30. The quantitative estimate of drug-likeness (QED) is 0.665.